The maximum Gasteiger partial charge on any atom is 0.260 e. The Morgan fingerprint density at radius 2 is 1.79 bits per heavy atom. The zero-order valence-corrected chi connectivity index (χ0v) is 18.7. The van der Waals surface area contributed by atoms with Crippen LogP contribution in [0.3, 0.4) is 0 Å². The predicted octanol–water partition coefficient (Wildman–Crippen LogP) is 4.15. The highest BCUT2D eigenvalue weighted by molar-refractivity contribution is 5.77. The number of hydrogen-bond acceptors (Lipinski definition) is 6. The number of carbonyl (C=O) groups excluding carboxylic acids is 1. The number of carbonyl (C=O) groups is 1. The molecule has 0 aliphatic carbocycles. The fourth-order valence-electron chi connectivity index (χ4n) is 4.86. The molecule has 2 aromatic carbocycles. The number of ether oxygens (including phenoxy) is 2. The van der Waals surface area contributed by atoms with Gasteiger partial charge in [-0.05, 0) is 43.7 Å². The standard InChI is InChI=1S/C26H29N3O4/c30-24(19-31-22-9-5-2-6-10-22)29-14-12-26(13-15-29)18-20(11-16-32-26)17-23-27-25(28-33-23)21-7-3-1-4-8-21/h1-10,20H,11-19H2. The van der Waals surface area contributed by atoms with Crippen LogP contribution in [0.25, 0.3) is 11.4 Å². The number of amides is 1. The zero-order chi connectivity index (χ0) is 22.5. The number of piperidine rings is 1. The molecule has 1 unspecified atom stereocenters. The van der Waals surface area contributed by atoms with Gasteiger partial charge in [0, 0.05) is 31.7 Å². The van der Waals surface area contributed by atoms with Crippen molar-refractivity contribution in [1.29, 1.82) is 0 Å². The molecule has 5 rings (SSSR count). The molecule has 2 saturated heterocycles. The predicted molar refractivity (Wildman–Crippen MR) is 123 cm³/mol. The lowest BCUT2D eigenvalue weighted by molar-refractivity contribution is -0.148. The molecule has 0 bridgehead atoms. The van der Waals surface area contributed by atoms with E-state index in [0.29, 0.717) is 36.5 Å². The van der Waals surface area contributed by atoms with Crippen LogP contribution in [0.15, 0.2) is 65.2 Å². The molecule has 2 aliphatic rings. The second-order valence-electron chi connectivity index (χ2n) is 8.95. The summed E-state index contributed by atoms with van der Waals surface area (Å²) in [6.07, 6.45) is 4.40. The van der Waals surface area contributed by atoms with Gasteiger partial charge in [-0.2, -0.15) is 4.98 Å². The van der Waals surface area contributed by atoms with E-state index in [9.17, 15) is 4.79 Å². The number of hydrogen-bond donors (Lipinski definition) is 0. The topological polar surface area (TPSA) is 77.7 Å². The fourth-order valence-corrected chi connectivity index (χ4v) is 4.86. The van der Waals surface area contributed by atoms with E-state index in [4.69, 9.17) is 14.0 Å². The number of nitrogens with zero attached hydrogens (tertiary/aromatic N) is 3. The van der Waals surface area contributed by atoms with Gasteiger partial charge in [0.1, 0.15) is 5.75 Å². The third-order valence-corrected chi connectivity index (χ3v) is 6.69. The van der Waals surface area contributed by atoms with Crippen molar-refractivity contribution in [1.82, 2.24) is 15.0 Å². The molecule has 0 N–H and O–H groups in total. The van der Waals surface area contributed by atoms with Crippen molar-refractivity contribution >= 4 is 5.91 Å². The van der Waals surface area contributed by atoms with E-state index in [1.807, 2.05) is 65.6 Å². The van der Waals surface area contributed by atoms with Gasteiger partial charge < -0.3 is 18.9 Å². The van der Waals surface area contributed by atoms with Crippen LogP contribution in [0, 0.1) is 5.92 Å². The quantitative estimate of drug-likeness (QED) is 0.565. The maximum absolute atomic E-state index is 12.6. The summed E-state index contributed by atoms with van der Waals surface area (Å²) in [5.41, 5.74) is 0.798. The van der Waals surface area contributed by atoms with E-state index < -0.39 is 0 Å². The van der Waals surface area contributed by atoms with Crippen LogP contribution >= 0.6 is 0 Å². The van der Waals surface area contributed by atoms with Gasteiger partial charge in [0.2, 0.25) is 11.7 Å². The third kappa shape index (κ3) is 5.25. The van der Waals surface area contributed by atoms with Crippen LogP contribution < -0.4 is 4.74 Å². The molecule has 1 amide bonds. The summed E-state index contributed by atoms with van der Waals surface area (Å²) >= 11 is 0. The van der Waals surface area contributed by atoms with E-state index in [2.05, 4.69) is 10.1 Å². The minimum atomic E-state index is -0.164. The summed E-state index contributed by atoms with van der Waals surface area (Å²) in [6, 6.07) is 19.3. The zero-order valence-electron chi connectivity index (χ0n) is 18.7. The highest BCUT2D eigenvalue weighted by Crippen LogP contribution is 2.38. The van der Waals surface area contributed by atoms with Crippen LogP contribution in [0.2, 0.25) is 0 Å². The Kier molecular flexibility index (Phi) is 6.39. The van der Waals surface area contributed by atoms with Crippen LogP contribution in [0.1, 0.15) is 31.6 Å². The number of aromatic nitrogens is 2. The Labute approximate surface area is 193 Å². The SMILES string of the molecule is O=C(COc1ccccc1)N1CCC2(CC1)CC(Cc1nc(-c3ccccc3)no1)CCO2. The molecule has 1 aromatic heterocycles. The van der Waals surface area contributed by atoms with Crippen molar-refractivity contribution in [3.05, 3.63) is 66.6 Å². The van der Waals surface area contributed by atoms with Gasteiger partial charge in [-0.25, -0.2) is 0 Å². The normalized spacial score (nSPS) is 20.0. The highest BCUT2D eigenvalue weighted by Gasteiger charge is 2.41. The van der Waals surface area contributed by atoms with Gasteiger partial charge in [0.25, 0.3) is 5.91 Å². The lowest BCUT2D eigenvalue weighted by Gasteiger charge is -2.46. The largest absolute Gasteiger partial charge is 0.484 e. The molecule has 0 radical (unpaired) electrons. The summed E-state index contributed by atoms with van der Waals surface area (Å²) < 4.78 is 17.4. The molecular weight excluding hydrogens is 418 g/mol. The molecule has 7 heteroatoms. The first-order valence-electron chi connectivity index (χ1n) is 11.7. The highest BCUT2D eigenvalue weighted by atomic mass is 16.5. The Morgan fingerprint density at radius 1 is 1.06 bits per heavy atom. The second-order valence-corrected chi connectivity index (χ2v) is 8.95. The van der Waals surface area contributed by atoms with Gasteiger partial charge in [0.15, 0.2) is 6.61 Å². The van der Waals surface area contributed by atoms with Crippen molar-refractivity contribution in [2.24, 2.45) is 5.92 Å². The molecule has 33 heavy (non-hydrogen) atoms. The summed E-state index contributed by atoms with van der Waals surface area (Å²) in [6.45, 7) is 2.20. The molecule has 0 saturated carbocycles. The average molecular weight is 448 g/mol. The van der Waals surface area contributed by atoms with Crippen molar-refractivity contribution < 1.29 is 18.8 Å². The molecule has 7 nitrogen and oxygen atoms in total. The third-order valence-electron chi connectivity index (χ3n) is 6.69. The second kappa shape index (κ2) is 9.75. The van der Waals surface area contributed by atoms with Gasteiger partial charge >= 0.3 is 0 Å². The number of likely N-dealkylation sites (tertiary alicyclic amines) is 1. The number of benzene rings is 2. The van der Waals surface area contributed by atoms with Gasteiger partial charge in [-0.3, -0.25) is 4.79 Å². The first kappa shape index (κ1) is 21.6. The minimum absolute atomic E-state index is 0.0281. The first-order valence-corrected chi connectivity index (χ1v) is 11.7. The van der Waals surface area contributed by atoms with E-state index >= 15 is 0 Å². The maximum atomic E-state index is 12.6. The summed E-state index contributed by atoms with van der Waals surface area (Å²) in [5, 5.41) is 4.15. The lowest BCUT2D eigenvalue weighted by Crippen LogP contribution is -2.51. The van der Waals surface area contributed by atoms with Crippen LogP contribution in [-0.2, 0) is 16.0 Å². The smallest absolute Gasteiger partial charge is 0.260 e. The Bertz CT molecular complexity index is 1050. The van der Waals surface area contributed by atoms with Crippen LogP contribution in [0.5, 0.6) is 5.75 Å². The minimum Gasteiger partial charge on any atom is -0.484 e. The Hall–Kier alpha value is -3.19. The summed E-state index contributed by atoms with van der Waals surface area (Å²) in [7, 11) is 0. The molecule has 172 valence electrons. The van der Waals surface area contributed by atoms with E-state index in [0.717, 1.165) is 44.3 Å². The molecule has 2 aliphatic heterocycles. The van der Waals surface area contributed by atoms with Gasteiger partial charge in [-0.1, -0.05) is 53.7 Å². The monoisotopic (exact) mass is 447 g/mol. The van der Waals surface area contributed by atoms with E-state index in [1.165, 1.54) is 0 Å². The summed E-state index contributed by atoms with van der Waals surface area (Å²) in [5.74, 6) is 2.50. The molecule has 2 fully saturated rings. The Morgan fingerprint density at radius 3 is 2.55 bits per heavy atom. The molecular formula is C26H29N3O4. The van der Waals surface area contributed by atoms with Crippen molar-refractivity contribution in [2.75, 3.05) is 26.3 Å². The number of para-hydroxylation sites is 1. The van der Waals surface area contributed by atoms with Crippen molar-refractivity contribution in [3.8, 4) is 17.1 Å². The lowest BCUT2D eigenvalue weighted by atomic mass is 9.78. The Balaban J connectivity index is 1.13. The van der Waals surface area contributed by atoms with Crippen molar-refractivity contribution in [3.63, 3.8) is 0 Å². The molecule has 1 spiro atoms. The van der Waals surface area contributed by atoms with E-state index in [-0.39, 0.29) is 18.1 Å². The number of rotatable bonds is 6. The van der Waals surface area contributed by atoms with Crippen LogP contribution in [-0.4, -0.2) is 52.9 Å². The molecule has 1 atom stereocenters. The fraction of sp³-hybridized carbons (Fsp3) is 0.423. The summed E-state index contributed by atoms with van der Waals surface area (Å²) in [4.78, 5) is 19.1. The van der Waals surface area contributed by atoms with Crippen molar-refractivity contribution in [2.45, 2.75) is 37.7 Å². The van der Waals surface area contributed by atoms with Crippen LogP contribution in [0.4, 0.5) is 0 Å². The van der Waals surface area contributed by atoms with E-state index in [1.54, 1.807) is 0 Å². The van der Waals surface area contributed by atoms with Gasteiger partial charge in [0.05, 0.1) is 5.60 Å². The average Bonchev–Trinajstić information content (AvgIpc) is 3.33. The molecule has 3 aromatic rings. The molecule has 3 heterocycles. The first-order chi connectivity index (χ1) is 16.2. The van der Waals surface area contributed by atoms with Gasteiger partial charge in [-0.15, -0.1) is 0 Å².